The Morgan fingerprint density at radius 3 is 2.68 bits per heavy atom. The molecule has 102 valence electrons. The molecule has 0 aliphatic carbocycles. The van der Waals surface area contributed by atoms with Crippen molar-refractivity contribution in [3.63, 3.8) is 0 Å². The summed E-state index contributed by atoms with van der Waals surface area (Å²) in [6.07, 6.45) is 1.25. The number of Topliss-reactive ketones (excluding diaryl/α,β-unsaturated/α-hetero) is 1. The Morgan fingerprint density at radius 1 is 1.42 bits per heavy atom. The minimum absolute atomic E-state index is 0.192. The van der Waals surface area contributed by atoms with E-state index in [1.165, 1.54) is 0 Å². The lowest BCUT2D eigenvalue weighted by Gasteiger charge is -2.06. The maximum Gasteiger partial charge on any atom is 0.130 e. The second kappa shape index (κ2) is 5.25. The smallest absolute Gasteiger partial charge is 0.130 e. The molecule has 0 N–H and O–H groups in total. The molecule has 0 bridgehead atoms. The van der Waals surface area contributed by atoms with Gasteiger partial charge in [-0.15, -0.1) is 0 Å². The third kappa shape index (κ3) is 2.35. The number of methoxy groups -OCH3 is 1. The van der Waals surface area contributed by atoms with Crippen molar-refractivity contribution in [3.05, 3.63) is 28.4 Å². The van der Waals surface area contributed by atoms with Crippen molar-refractivity contribution in [2.75, 3.05) is 7.11 Å². The second-order valence-corrected chi connectivity index (χ2v) is 5.21. The van der Waals surface area contributed by atoms with Crippen LogP contribution in [-0.4, -0.2) is 17.5 Å². The van der Waals surface area contributed by atoms with Crippen molar-refractivity contribution in [2.24, 2.45) is 7.05 Å². The molecule has 0 unspecified atom stereocenters. The first-order valence-electron chi connectivity index (χ1n) is 6.27. The first kappa shape index (κ1) is 13.9. The van der Waals surface area contributed by atoms with E-state index in [1.807, 2.05) is 26.1 Å². The number of aromatic nitrogens is 1. The maximum absolute atomic E-state index is 11.2. The number of aryl methyl sites for hydroxylation is 2. The van der Waals surface area contributed by atoms with Crippen molar-refractivity contribution in [1.82, 2.24) is 4.57 Å². The van der Waals surface area contributed by atoms with Crippen LogP contribution in [0.1, 0.15) is 24.6 Å². The lowest BCUT2D eigenvalue weighted by atomic mass is 10.0. The van der Waals surface area contributed by atoms with E-state index >= 15 is 0 Å². The van der Waals surface area contributed by atoms with Gasteiger partial charge in [0.05, 0.1) is 17.6 Å². The molecule has 2 rings (SSSR count). The summed E-state index contributed by atoms with van der Waals surface area (Å²) in [4.78, 5) is 11.2. The lowest BCUT2D eigenvalue weighted by molar-refractivity contribution is -0.116. The average Bonchev–Trinajstić information content (AvgIpc) is 2.62. The molecule has 1 heterocycles. The molecule has 3 nitrogen and oxygen atoms in total. The SMILES string of the molecule is COc1ccc(Cl)c2c1c(CCC(C)=O)c(C)n2C. The van der Waals surface area contributed by atoms with Gasteiger partial charge in [0.2, 0.25) is 0 Å². The number of rotatable bonds is 4. The highest BCUT2D eigenvalue weighted by molar-refractivity contribution is 6.35. The molecule has 0 radical (unpaired) electrons. The van der Waals surface area contributed by atoms with Gasteiger partial charge in [-0.3, -0.25) is 0 Å². The molecule has 0 aliphatic heterocycles. The number of carbonyl (C=O) groups is 1. The zero-order valence-corrected chi connectivity index (χ0v) is 12.5. The predicted molar refractivity (Wildman–Crippen MR) is 78.2 cm³/mol. The third-order valence-corrected chi connectivity index (χ3v) is 3.92. The average molecular weight is 280 g/mol. The Hall–Kier alpha value is -1.48. The number of halogens is 1. The highest BCUT2D eigenvalue weighted by Gasteiger charge is 2.18. The molecule has 19 heavy (non-hydrogen) atoms. The number of ether oxygens (including phenoxy) is 1. The number of hydrogen-bond donors (Lipinski definition) is 0. The Morgan fingerprint density at radius 2 is 2.11 bits per heavy atom. The highest BCUT2D eigenvalue weighted by atomic mass is 35.5. The first-order chi connectivity index (χ1) is 8.97. The zero-order valence-electron chi connectivity index (χ0n) is 11.7. The topological polar surface area (TPSA) is 31.2 Å². The van der Waals surface area contributed by atoms with Gasteiger partial charge in [0.25, 0.3) is 0 Å². The van der Waals surface area contributed by atoms with E-state index in [1.54, 1.807) is 14.0 Å². The number of ketones is 1. The van der Waals surface area contributed by atoms with E-state index in [2.05, 4.69) is 4.57 Å². The van der Waals surface area contributed by atoms with Crippen LogP contribution >= 0.6 is 11.6 Å². The fourth-order valence-electron chi connectivity index (χ4n) is 2.49. The van der Waals surface area contributed by atoms with Gasteiger partial charge in [-0.05, 0) is 38.0 Å². The van der Waals surface area contributed by atoms with E-state index < -0.39 is 0 Å². The predicted octanol–water partition coefficient (Wildman–Crippen LogP) is 3.67. The monoisotopic (exact) mass is 279 g/mol. The molecule has 1 aromatic carbocycles. The van der Waals surface area contributed by atoms with Gasteiger partial charge in [0.15, 0.2) is 0 Å². The quantitative estimate of drug-likeness (QED) is 0.855. The minimum atomic E-state index is 0.192. The van der Waals surface area contributed by atoms with Gasteiger partial charge in [-0.25, -0.2) is 0 Å². The normalized spacial score (nSPS) is 11.0. The van der Waals surface area contributed by atoms with Crippen molar-refractivity contribution in [1.29, 1.82) is 0 Å². The Bertz CT molecular complexity index is 643. The molecule has 0 fully saturated rings. The molecule has 0 atom stereocenters. The largest absolute Gasteiger partial charge is 0.496 e. The molecule has 2 aromatic rings. The van der Waals surface area contributed by atoms with Gasteiger partial charge in [-0.2, -0.15) is 0 Å². The van der Waals surface area contributed by atoms with Gasteiger partial charge in [-0.1, -0.05) is 11.6 Å². The van der Waals surface area contributed by atoms with Gasteiger partial charge < -0.3 is 14.1 Å². The van der Waals surface area contributed by atoms with Gasteiger partial charge in [0, 0.05) is 24.5 Å². The minimum Gasteiger partial charge on any atom is -0.496 e. The summed E-state index contributed by atoms with van der Waals surface area (Å²) in [6, 6.07) is 3.72. The van der Waals surface area contributed by atoms with E-state index in [4.69, 9.17) is 16.3 Å². The molecule has 1 aromatic heterocycles. The fourth-order valence-corrected chi connectivity index (χ4v) is 2.78. The summed E-state index contributed by atoms with van der Waals surface area (Å²) in [5.41, 5.74) is 3.24. The Balaban J connectivity index is 2.71. The van der Waals surface area contributed by atoms with Gasteiger partial charge >= 0.3 is 0 Å². The maximum atomic E-state index is 11.2. The molecule has 0 spiro atoms. The van der Waals surface area contributed by atoms with Crippen LogP contribution in [0.2, 0.25) is 5.02 Å². The summed E-state index contributed by atoms with van der Waals surface area (Å²) in [5, 5.41) is 1.73. The van der Waals surface area contributed by atoms with Crippen molar-refractivity contribution >= 4 is 28.3 Å². The zero-order chi connectivity index (χ0) is 14.2. The summed E-state index contributed by atoms with van der Waals surface area (Å²) in [7, 11) is 3.64. The van der Waals surface area contributed by atoms with Crippen molar-refractivity contribution in [2.45, 2.75) is 26.7 Å². The van der Waals surface area contributed by atoms with E-state index in [0.717, 1.165) is 34.3 Å². The second-order valence-electron chi connectivity index (χ2n) is 4.80. The number of hydrogen-bond acceptors (Lipinski definition) is 2. The van der Waals surface area contributed by atoms with Crippen LogP contribution in [0.25, 0.3) is 10.9 Å². The highest BCUT2D eigenvalue weighted by Crippen LogP contribution is 2.37. The number of fused-ring (bicyclic) bond motifs is 1. The van der Waals surface area contributed by atoms with Gasteiger partial charge in [0.1, 0.15) is 11.5 Å². The Kier molecular flexibility index (Phi) is 3.85. The van der Waals surface area contributed by atoms with Crippen LogP contribution in [0.15, 0.2) is 12.1 Å². The number of nitrogens with zero attached hydrogens (tertiary/aromatic N) is 1. The fraction of sp³-hybridized carbons (Fsp3) is 0.400. The van der Waals surface area contributed by atoms with Crippen LogP contribution < -0.4 is 4.74 Å². The molecule has 0 saturated heterocycles. The summed E-state index contributed by atoms with van der Waals surface area (Å²) < 4.78 is 7.51. The van der Waals surface area contributed by atoms with E-state index in [0.29, 0.717) is 11.4 Å². The van der Waals surface area contributed by atoms with Crippen molar-refractivity contribution in [3.8, 4) is 5.75 Å². The van der Waals surface area contributed by atoms with E-state index in [9.17, 15) is 4.79 Å². The molecule has 4 heteroatoms. The summed E-state index contributed by atoms with van der Waals surface area (Å²) >= 11 is 6.30. The molecule has 0 amide bonds. The molecular formula is C15H18ClNO2. The van der Waals surface area contributed by atoms with Crippen LogP contribution in [0.5, 0.6) is 5.75 Å². The Labute approximate surface area is 118 Å². The van der Waals surface area contributed by atoms with E-state index in [-0.39, 0.29) is 5.78 Å². The lowest BCUT2D eigenvalue weighted by Crippen LogP contribution is -1.97. The standard InChI is InChI=1S/C15H18ClNO2/c1-9(18)5-6-11-10(2)17(3)15-12(16)7-8-13(19-4)14(11)15/h7-8H,5-6H2,1-4H3. The molecule has 0 saturated carbocycles. The first-order valence-corrected chi connectivity index (χ1v) is 6.65. The summed E-state index contributed by atoms with van der Waals surface area (Å²) in [6.45, 7) is 3.66. The van der Waals surface area contributed by atoms with Crippen LogP contribution in [0.3, 0.4) is 0 Å². The van der Waals surface area contributed by atoms with Crippen LogP contribution in [-0.2, 0) is 18.3 Å². The van der Waals surface area contributed by atoms with Crippen LogP contribution in [0.4, 0.5) is 0 Å². The number of benzene rings is 1. The third-order valence-electron chi connectivity index (χ3n) is 3.61. The number of carbonyl (C=O) groups excluding carboxylic acids is 1. The van der Waals surface area contributed by atoms with Crippen molar-refractivity contribution < 1.29 is 9.53 Å². The summed E-state index contributed by atoms with van der Waals surface area (Å²) in [5.74, 6) is 0.999. The molecular weight excluding hydrogens is 262 g/mol. The van der Waals surface area contributed by atoms with Crippen LogP contribution in [0, 0.1) is 6.92 Å². The molecule has 0 aliphatic rings.